The SMILES string of the molecule is CN(Cc1ccc(-n2cccn2)cc1)Cc1cccc2c1OCO2. The molecule has 0 radical (unpaired) electrons. The van der Waals surface area contributed by atoms with E-state index in [1.165, 1.54) is 5.56 Å². The van der Waals surface area contributed by atoms with E-state index in [2.05, 4.69) is 47.4 Å². The number of nitrogens with zero attached hydrogens (tertiary/aromatic N) is 3. The Hall–Kier alpha value is -2.79. The van der Waals surface area contributed by atoms with Crippen LogP contribution >= 0.6 is 0 Å². The molecule has 0 N–H and O–H groups in total. The van der Waals surface area contributed by atoms with Crippen molar-refractivity contribution in [1.29, 1.82) is 0 Å². The van der Waals surface area contributed by atoms with E-state index < -0.39 is 0 Å². The second-order valence-electron chi connectivity index (χ2n) is 5.94. The van der Waals surface area contributed by atoms with Crippen LogP contribution in [0.5, 0.6) is 11.5 Å². The van der Waals surface area contributed by atoms with Gasteiger partial charge in [-0.25, -0.2) is 4.68 Å². The normalized spacial score (nSPS) is 12.8. The first-order valence-electron chi connectivity index (χ1n) is 7.94. The van der Waals surface area contributed by atoms with E-state index in [1.807, 2.05) is 29.1 Å². The summed E-state index contributed by atoms with van der Waals surface area (Å²) >= 11 is 0. The van der Waals surface area contributed by atoms with Crippen LogP contribution in [-0.4, -0.2) is 28.5 Å². The second-order valence-corrected chi connectivity index (χ2v) is 5.94. The van der Waals surface area contributed by atoms with E-state index in [-0.39, 0.29) is 0 Å². The molecule has 1 aliphatic rings. The highest BCUT2D eigenvalue weighted by atomic mass is 16.7. The van der Waals surface area contributed by atoms with E-state index >= 15 is 0 Å². The van der Waals surface area contributed by atoms with Gasteiger partial charge in [0.05, 0.1) is 5.69 Å². The largest absolute Gasteiger partial charge is 0.454 e. The minimum atomic E-state index is 0.310. The molecule has 2 aromatic carbocycles. The van der Waals surface area contributed by atoms with Gasteiger partial charge in [0.2, 0.25) is 6.79 Å². The first-order chi connectivity index (χ1) is 11.8. The maximum atomic E-state index is 5.58. The molecule has 3 aromatic rings. The van der Waals surface area contributed by atoms with Crippen molar-refractivity contribution in [3.8, 4) is 17.2 Å². The zero-order chi connectivity index (χ0) is 16.4. The Morgan fingerprint density at radius 1 is 1.04 bits per heavy atom. The van der Waals surface area contributed by atoms with Crippen molar-refractivity contribution < 1.29 is 9.47 Å². The van der Waals surface area contributed by atoms with Gasteiger partial charge in [-0.1, -0.05) is 24.3 Å². The first kappa shape index (κ1) is 14.8. The molecule has 24 heavy (non-hydrogen) atoms. The third-order valence-corrected chi connectivity index (χ3v) is 4.08. The molecule has 1 aliphatic heterocycles. The Morgan fingerprint density at radius 3 is 2.71 bits per heavy atom. The molecule has 4 rings (SSSR count). The van der Waals surface area contributed by atoms with Crippen LogP contribution in [0.4, 0.5) is 0 Å². The average molecular weight is 321 g/mol. The molecule has 1 aromatic heterocycles. The number of hydrogen-bond acceptors (Lipinski definition) is 4. The maximum absolute atomic E-state index is 5.58. The lowest BCUT2D eigenvalue weighted by Crippen LogP contribution is -2.17. The molecule has 0 unspecified atom stereocenters. The third-order valence-electron chi connectivity index (χ3n) is 4.08. The topological polar surface area (TPSA) is 39.5 Å². The molecule has 0 saturated heterocycles. The molecule has 0 saturated carbocycles. The highest BCUT2D eigenvalue weighted by Crippen LogP contribution is 2.35. The maximum Gasteiger partial charge on any atom is 0.231 e. The summed E-state index contributed by atoms with van der Waals surface area (Å²) in [5, 5.41) is 4.25. The van der Waals surface area contributed by atoms with Gasteiger partial charge in [-0.05, 0) is 36.9 Å². The van der Waals surface area contributed by atoms with Gasteiger partial charge in [-0.15, -0.1) is 0 Å². The zero-order valence-electron chi connectivity index (χ0n) is 13.6. The molecular formula is C19H19N3O2. The van der Waals surface area contributed by atoms with Crippen molar-refractivity contribution >= 4 is 0 Å². The highest BCUT2D eigenvalue weighted by molar-refractivity contribution is 5.48. The standard InChI is InChI=1S/C19H19N3O2/c1-21(13-16-4-2-5-18-19(16)24-14-23-18)12-15-6-8-17(9-7-15)22-11-3-10-20-22/h2-11H,12-14H2,1H3. The molecule has 0 bridgehead atoms. The Bertz CT molecular complexity index is 813. The van der Waals surface area contributed by atoms with Crippen LogP contribution in [0, 0.1) is 0 Å². The van der Waals surface area contributed by atoms with E-state index in [9.17, 15) is 0 Å². The number of fused-ring (bicyclic) bond motifs is 1. The quantitative estimate of drug-likeness (QED) is 0.723. The molecule has 122 valence electrons. The third kappa shape index (κ3) is 2.98. The van der Waals surface area contributed by atoms with Crippen molar-refractivity contribution in [1.82, 2.24) is 14.7 Å². The van der Waals surface area contributed by atoms with Crippen LogP contribution in [0.1, 0.15) is 11.1 Å². The molecular weight excluding hydrogens is 302 g/mol. The van der Waals surface area contributed by atoms with Gasteiger partial charge in [0.1, 0.15) is 0 Å². The van der Waals surface area contributed by atoms with Crippen LogP contribution in [0.25, 0.3) is 5.69 Å². The summed E-state index contributed by atoms with van der Waals surface area (Å²) in [6.07, 6.45) is 3.73. The molecule has 2 heterocycles. The summed E-state index contributed by atoms with van der Waals surface area (Å²) in [5.74, 6) is 1.71. The van der Waals surface area contributed by atoms with Gasteiger partial charge in [0, 0.05) is 31.0 Å². The van der Waals surface area contributed by atoms with Crippen molar-refractivity contribution in [3.05, 3.63) is 72.1 Å². The zero-order valence-corrected chi connectivity index (χ0v) is 13.6. The van der Waals surface area contributed by atoms with Gasteiger partial charge in [0.25, 0.3) is 0 Å². The monoisotopic (exact) mass is 321 g/mol. The van der Waals surface area contributed by atoms with Gasteiger partial charge in [-0.3, -0.25) is 4.90 Å². The van der Waals surface area contributed by atoms with E-state index in [4.69, 9.17) is 9.47 Å². The van der Waals surface area contributed by atoms with E-state index in [0.29, 0.717) is 6.79 Å². The van der Waals surface area contributed by atoms with Gasteiger partial charge in [-0.2, -0.15) is 5.10 Å². The van der Waals surface area contributed by atoms with Crippen LogP contribution in [0.3, 0.4) is 0 Å². The lowest BCUT2D eigenvalue weighted by molar-refractivity contribution is 0.172. The fourth-order valence-corrected chi connectivity index (χ4v) is 2.95. The summed E-state index contributed by atoms with van der Waals surface area (Å²) in [4.78, 5) is 2.26. The van der Waals surface area contributed by atoms with Crippen LogP contribution in [-0.2, 0) is 13.1 Å². The molecule has 0 fully saturated rings. The first-order valence-corrected chi connectivity index (χ1v) is 7.94. The Kier molecular flexibility index (Phi) is 3.92. The number of rotatable bonds is 5. The van der Waals surface area contributed by atoms with Crippen LogP contribution in [0.15, 0.2) is 60.9 Å². The smallest absolute Gasteiger partial charge is 0.231 e. The van der Waals surface area contributed by atoms with E-state index in [1.54, 1.807) is 6.20 Å². The van der Waals surface area contributed by atoms with Crippen molar-refractivity contribution in [2.45, 2.75) is 13.1 Å². The predicted octanol–water partition coefficient (Wildman–Crippen LogP) is 3.23. The Morgan fingerprint density at radius 2 is 1.92 bits per heavy atom. The number of aromatic nitrogens is 2. The number of hydrogen-bond donors (Lipinski definition) is 0. The predicted molar refractivity (Wildman–Crippen MR) is 91.3 cm³/mol. The minimum absolute atomic E-state index is 0.310. The summed E-state index contributed by atoms with van der Waals surface area (Å²) in [7, 11) is 2.11. The van der Waals surface area contributed by atoms with Crippen molar-refractivity contribution in [3.63, 3.8) is 0 Å². The molecule has 5 heteroatoms. The fourth-order valence-electron chi connectivity index (χ4n) is 2.95. The van der Waals surface area contributed by atoms with Crippen LogP contribution < -0.4 is 9.47 Å². The molecule has 0 atom stereocenters. The number of ether oxygens (including phenoxy) is 2. The van der Waals surface area contributed by atoms with Gasteiger partial charge in [0.15, 0.2) is 11.5 Å². The van der Waals surface area contributed by atoms with E-state index in [0.717, 1.165) is 35.8 Å². The lowest BCUT2D eigenvalue weighted by atomic mass is 10.1. The highest BCUT2D eigenvalue weighted by Gasteiger charge is 2.17. The van der Waals surface area contributed by atoms with Gasteiger partial charge < -0.3 is 9.47 Å². The lowest BCUT2D eigenvalue weighted by Gasteiger charge is -2.18. The van der Waals surface area contributed by atoms with Gasteiger partial charge >= 0.3 is 0 Å². The molecule has 5 nitrogen and oxygen atoms in total. The summed E-state index contributed by atoms with van der Waals surface area (Å²) in [6.45, 7) is 1.99. The number of benzene rings is 2. The number of para-hydroxylation sites is 1. The molecule has 0 spiro atoms. The fraction of sp³-hybridized carbons (Fsp3) is 0.211. The minimum Gasteiger partial charge on any atom is -0.454 e. The second kappa shape index (κ2) is 6.37. The molecule has 0 amide bonds. The van der Waals surface area contributed by atoms with Crippen LogP contribution in [0.2, 0.25) is 0 Å². The Balaban J connectivity index is 1.43. The summed E-state index contributed by atoms with van der Waals surface area (Å²) in [5.41, 5.74) is 3.48. The Labute approximate surface area is 141 Å². The summed E-state index contributed by atoms with van der Waals surface area (Å²) < 4.78 is 12.9. The summed E-state index contributed by atoms with van der Waals surface area (Å²) in [6, 6.07) is 16.4. The molecule has 0 aliphatic carbocycles. The van der Waals surface area contributed by atoms with Crippen molar-refractivity contribution in [2.24, 2.45) is 0 Å². The average Bonchev–Trinajstić information content (AvgIpc) is 3.27. The van der Waals surface area contributed by atoms with Crippen molar-refractivity contribution in [2.75, 3.05) is 13.8 Å².